The molecule has 0 unspecified atom stereocenters. The number of rotatable bonds is 9. The van der Waals surface area contributed by atoms with Crippen molar-refractivity contribution in [2.24, 2.45) is 0 Å². The van der Waals surface area contributed by atoms with E-state index in [0.29, 0.717) is 30.2 Å². The minimum absolute atomic E-state index is 0.00469. The minimum atomic E-state index is -0.00469. The smallest absolute Gasteiger partial charge is 0.224 e. The van der Waals surface area contributed by atoms with E-state index in [0.717, 1.165) is 18.4 Å². The van der Waals surface area contributed by atoms with Crippen molar-refractivity contribution in [1.82, 2.24) is 4.98 Å². The van der Waals surface area contributed by atoms with E-state index < -0.39 is 0 Å². The minimum Gasteiger partial charge on any atom is -0.493 e. The van der Waals surface area contributed by atoms with E-state index in [-0.39, 0.29) is 5.91 Å². The third kappa shape index (κ3) is 5.82. The number of carbonyl (C=O) groups is 1. The maximum absolute atomic E-state index is 12.2. The molecule has 0 aliphatic heterocycles. The SMILES string of the molecule is COc1ccc(NC(=O)CCCc2cccs2)cc1OCc1cccnc1. The maximum atomic E-state index is 12.2. The first-order valence-electron chi connectivity index (χ1n) is 8.76. The number of pyridine rings is 1. The zero-order valence-corrected chi connectivity index (χ0v) is 16.0. The monoisotopic (exact) mass is 382 g/mol. The van der Waals surface area contributed by atoms with Crippen LogP contribution in [-0.4, -0.2) is 18.0 Å². The van der Waals surface area contributed by atoms with Gasteiger partial charge in [0.15, 0.2) is 11.5 Å². The van der Waals surface area contributed by atoms with Crippen LogP contribution in [0.25, 0.3) is 0 Å². The Kier molecular flexibility index (Phi) is 6.82. The van der Waals surface area contributed by atoms with Crippen molar-refractivity contribution in [2.45, 2.75) is 25.9 Å². The summed E-state index contributed by atoms with van der Waals surface area (Å²) in [5.74, 6) is 1.20. The molecule has 0 aliphatic rings. The van der Waals surface area contributed by atoms with E-state index in [1.807, 2.05) is 24.3 Å². The van der Waals surface area contributed by atoms with Crippen LogP contribution in [0, 0.1) is 0 Å². The lowest BCUT2D eigenvalue weighted by atomic mass is 10.2. The first-order valence-corrected chi connectivity index (χ1v) is 9.64. The Morgan fingerprint density at radius 3 is 2.85 bits per heavy atom. The number of nitrogens with one attached hydrogen (secondary N) is 1. The summed E-state index contributed by atoms with van der Waals surface area (Å²) in [5.41, 5.74) is 1.65. The fraction of sp³-hybridized carbons (Fsp3) is 0.238. The first kappa shape index (κ1) is 18.9. The quantitative estimate of drug-likeness (QED) is 0.583. The molecule has 1 amide bonds. The molecule has 0 atom stereocenters. The average Bonchev–Trinajstić information content (AvgIpc) is 3.21. The molecule has 3 aromatic rings. The van der Waals surface area contributed by atoms with Gasteiger partial charge in [0.2, 0.25) is 5.91 Å². The predicted octanol–water partition coefficient (Wildman–Crippen LogP) is 4.69. The van der Waals surface area contributed by atoms with E-state index in [9.17, 15) is 4.79 Å². The van der Waals surface area contributed by atoms with Crippen LogP contribution in [0.5, 0.6) is 11.5 Å². The third-order valence-corrected chi connectivity index (χ3v) is 4.91. The van der Waals surface area contributed by atoms with Gasteiger partial charge in [0.25, 0.3) is 0 Å². The zero-order valence-electron chi connectivity index (χ0n) is 15.2. The van der Waals surface area contributed by atoms with Crippen LogP contribution in [0.1, 0.15) is 23.3 Å². The highest BCUT2D eigenvalue weighted by molar-refractivity contribution is 7.09. The molecule has 0 aliphatic carbocycles. The Labute approximate surface area is 163 Å². The van der Waals surface area contributed by atoms with E-state index >= 15 is 0 Å². The van der Waals surface area contributed by atoms with Gasteiger partial charge in [-0.05, 0) is 42.5 Å². The highest BCUT2D eigenvalue weighted by Gasteiger charge is 2.09. The van der Waals surface area contributed by atoms with Gasteiger partial charge in [-0.15, -0.1) is 11.3 Å². The Morgan fingerprint density at radius 1 is 1.19 bits per heavy atom. The fourth-order valence-corrected chi connectivity index (χ4v) is 3.36. The molecule has 0 saturated heterocycles. The van der Waals surface area contributed by atoms with Crippen LogP contribution < -0.4 is 14.8 Å². The molecule has 5 nitrogen and oxygen atoms in total. The van der Waals surface area contributed by atoms with Crippen LogP contribution in [-0.2, 0) is 17.8 Å². The van der Waals surface area contributed by atoms with Crippen molar-refractivity contribution in [3.05, 3.63) is 70.7 Å². The maximum Gasteiger partial charge on any atom is 0.224 e. The van der Waals surface area contributed by atoms with Gasteiger partial charge in [-0.3, -0.25) is 9.78 Å². The average molecular weight is 382 g/mol. The zero-order chi connectivity index (χ0) is 18.9. The summed E-state index contributed by atoms with van der Waals surface area (Å²) in [7, 11) is 1.59. The molecule has 0 spiro atoms. The first-order chi connectivity index (χ1) is 13.2. The van der Waals surface area contributed by atoms with E-state index in [4.69, 9.17) is 9.47 Å². The summed E-state index contributed by atoms with van der Waals surface area (Å²) in [6, 6.07) is 13.3. The van der Waals surface area contributed by atoms with E-state index in [2.05, 4.69) is 21.7 Å². The number of methoxy groups -OCH3 is 1. The lowest BCUT2D eigenvalue weighted by Crippen LogP contribution is -2.11. The highest BCUT2D eigenvalue weighted by Crippen LogP contribution is 2.31. The topological polar surface area (TPSA) is 60.5 Å². The summed E-state index contributed by atoms with van der Waals surface area (Å²) >= 11 is 1.72. The molecule has 1 N–H and O–H groups in total. The van der Waals surface area contributed by atoms with Crippen LogP contribution >= 0.6 is 11.3 Å². The van der Waals surface area contributed by atoms with Gasteiger partial charge in [0.05, 0.1) is 7.11 Å². The fourth-order valence-electron chi connectivity index (χ4n) is 2.61. The van der Waals surface area contributed by atoms with Crippen molar-refractivity contribution in [1.29, 1.82) is 0 Å². The third-order valence-electron chi connectivity index (χ3n) is 3.97. The second-order valence-corrected chi connectivity index (χ2v) is 7.03. The van der Waals surface area contributed by atoms with Gasteiger partial charge in [0, 0.05) is 41.0 Å². The number of anilines is 1. The number of hydrogen-bond donors (Lipinski definition) is 1. The van der Waals surface area contributed by atoms with Gasteiger partial charge in [0.1, 0.15) is 6.61 Å². The normalized spacial score (nSPS) is 10.4. The second-order valence-electron chi connectivity index (χ2n) is 6.00. The molecule has 6 heteroatoms. The molecule has 1 aromatic carbocycles. The number of benzene rings is 1. The molecular formula is C21H22N2O3S. The molecule has 27 heavy (non-hydrogen) atoms. The number of carbonyl (C=O) groups excluding carboxylic acids is 1. The van der Waals surface area contributed by atoms with Crippen molar-refractivity contribution in [2.75, 3.05) is 12.4 Å². The second kappa shape index (κ2) is 9.73. The van der Waals surface area contributed by atoms with Gasteiger partial charge in [-0.25, -0.2) is 0 Å². The Morgan fingerprint density at radius 2 is 2.11 bits per heavy atom. The van der Waals surface area contributed by atoms with Crippen LogP contribution in [0.2, 0.25) is 0 Å². The number of hydrogen-bond acceptors (Lipinski definition) is 5. The predicted molar refractivity (Wildman–Crippen MR) is 107 cm³/mol. The number of ether oxygens (including phenoxy) is 2. The molecule has 0 fully saturated rings. The summed E-state index contributed by atoms with van der Waals surface area (Å²) in [5, 5.41) is 4.98. The Hall–Kier alpha value is -2.86. The molecule has 140 valence electrons. The number of aromatic nitrogens is 1. The van der Waals surface area contributed by atoms with Gasteiger partial charge < -0.3 is 14.8 Å². The number of aryl methyl sites for hydroxylation is 1. The van der Waals surface area contributed by atoms with Crippen molar-refractivity contribution < 1.29 is 14.3 Å². The van der Waals surface area contributed by atoms with Gasteiger partial charge in [-0.2, -0.15) is 0 Å². The molecular weight excluding hydrogens is 360 g/mol. The van der Waals surface area contributed by atoms with Crippen LogP contribution in [0.15, 0.2) is 60.2 Å². The summed E-state index contributed by atoms with van der Waals surface area (Å²) in [6.07, 6.45) is 5.71. The lowest BCUT2D eigenvalue weighted by Gasteiger charge is -2.13. The summed E-state index contributed by atoms with van der Waals surface area (Å²) < 4.78 is 11.2. The van der Waals surface area contributed by atoms with Crippen molar-refractivity contribution in [3.63, 3.8) is 0 Å². The highest BCUT2D eigenvalue weighted by atomic mass is 32.1. The largest absolute Gasteiger partial charge is 0.493 e. The summed E-state index contributed by atoms with van der Waals surface area (Å²) in [4.78, 5) is 17.6. The standard InChI is InChI=1S/C21H22N2O3S/c1-25-19-10-9-17(13-20(19)26-15-16-5-3-11-22-14-16)23-21(24)8-2-6-18-7-4-12-27-18/h3-5,7,9-14H,2,6,8,15H2,1H3,(H,23,24). The van der Waals surface area contributed by atoms with Crippen LogP contribution in [0.3, 0.4) is 0 Å². The van der Waals surface area contributed by atoms with Crippen molar-refractivity contribution in [3.8, 4) is 11.5 Å². The van der Waals surface area contributed by atoms with E-state index in [1.54, 1.807) is 43.0 Å². The van der Waals surface area contributed by atoms with Crippen molar-refractivity contribution >= 4 is 22.9 Å². The molecule has 0 saturated carbocycles. The van der Waals surface area contributed by atoms with Gasteiger partial charge in [-0.1, -0.05) is 12.1 Å². The van der Waals surface area contributed by atoms with Gasteiger partial charge >= 0.3 is 0 Å². The number of nitrogens with zero attached hydrogens (tertiary/aromatic N) is 1. The van der Waals surface area contributed by atoms with E-state index in [1.165, 1.54) is 4.88 Å². The molecule has 2 aromatic heterocycles. The molecule has 3 rings (SSSR count). The Balaban J connectivity index is 1.56. The van der Waals surface area contributed by atoms with Crippen LogP contribution in [0.4, 0.5) is 5.69 Å². The summed E-state index contributed by atoms with van der Waals surface area (Å²) in [6.45, 7) is 0.377. The molecule has 0 bridgehead atoms. The lowest BCUT2D eigenvalue weighted by molar-refractivity contribution is -0.116. The number of thiophene rings is 1. The Bertz CT molecular complexity index is 851. The molecule has 2 heterocycles. The molecule has 0 radical (unpaired) electrons. The number of amides is 1.